The molecule has 5 heteroatoms. The lowest BCUT2D eigenvalue weighted by molar-refractivity contribution is -0.0327. The summed E-state index contributed by atoms with van der Waals surface area (Å²) < 4.78 is 36.8. The molecule has 0 saturated heterocycles. The van der Waals surface area contributed by atoms with Gasteiger partial charge in [-0.25, -0.2) is 0 Å². The number of alkyl halides is 3. The van der Waals surface area contributed by atoms with Crippen molar-refractivity contribution in [2.45, 2.75) is 10.4 Å². The van der Waals surface area contributed by atoms with E-state index >= 15 is 0 Å². The molecule has 0 heterocycles. The number of thioether (sulfide) groups is 1. The maximum Gasteiger partial charge on any atom is 0.446 e. The summed E-state index contributed by atoms with van der Waals surface area (Å²) >= 11 is -0.172. The zero-order valence-electron chi connectivity index (χ0n) is 7.95. The van der Waals surface area contributed by atoms with E-state index in [-0.39, 0.29) is 22.4 Å². The van der Waals surface area contributed by atoms with E-state index in [0.717, 1.165) is 0 Å². The van der Waals surface area contributed by atoms with Gasteiger partial charge in [0, 0.05) is 10.3 Å². The van der Waals surface area contributed by atoms with Gasteiger partial charge in [-0.15, -0.1) is 0 Å². The molecule has 0 saturated carbocycles. The third kappa shape index (κ3) is 2.24. The first-order chi connectivity index (χ1) is 7.47. The SMILES string of the molecule is Oc1ccc(SC(F)(F)F)c2ccccc12. The molecule has 0 radical (unpaired) electrons. The van der Waals surface area contributed by atoms with Gasteiger partial charge in [0.25, 0.3) is 0 Å². The molecule has 0 aliphatic carbocycles. The second-order valence-electron chi connectivity index (χ2n) is 3.18. The van der Waals surface area contributed by atoms with Crippen LogP contribution in [0.1, 0.15) is 0 Å². The summed E-state index contributed by atoms with van der Waals surface area (Å²) in [6, 6.07) is 9.01. The fourth-order valence-corrected chi connectivity index (χ4v) is 2.14. The van der Waals surface area contributed by atoms with E-state index in [4.69, 9.17) is 0 Å². The van der Waals surface area contributed by atoms with Gasteiger partial charge in [0.05, 0.1) is 0 Å². The number of halogens is 3. The van der Waals surface area contributed by atoms with Crippen LogP contribution in [-0.4, -0.2) is 10.6 Å². The van der Waals surface area contributed by atoms with Gasteiger partial charge in [0.15, 0.2) is 0 Å². The molecule has 0 unspecified atom stereocenters. The Morgan fingerprint density at radius 1 is 0.938 bits per heavy atom. The highest BCUT2D eigenvalue weighted by Gasteiger charge is 2.30. The van der Waals surface area contributed by atoms with Crippen LogP contribution >= 0.6 is 11.8 Å². The van der Waals surface area contributed by atoms with Crippen LogP contribution < -0.4 is 0 Å². The minimum absolute atomic E-state index is 0.0119. The molecule has 2 rings (SSSR count). The van der Waals surface area contributed by atoms with E-state index < -0.39 is 5.51 Å². The van der Waals surface area contributed by atoms with Crippen molar-refractivity contribution in [1.82, 2.24) is 0 Å². The number of rotatable bonds is 1. The summed E-state index contributed by atoms with van der Waals surface area (Å²) in [5.74, 6) is -0.0119. The Morgan fingerprint density at radius 2 is 1.56 bits per heavy atom. The quantitative estimate of drug-likeness (QED) is 0.760. The fraction of sp³-hybridized carbons (Fsp3) is 0.0909. The van der Waals surface area contributed by atoms with Gasteiger partial charge in [-0.2, -0.15) is 13.2 Å². The highest BCUT2D eigenvalue weighted by molar-refractivity contribution is 8.00. The molecular formula is C11H7F3OS. The zero-order chi connectivity index (χ0) is 11.8. The molecular weight excluding hydrogens is 237 g/mol. The van der Waals surface area contributed by atoms with Crippen molar-refractivity contribution in [3.05, 3.63) is 36.4 Å². The van der Waals surface area contributed by atoms with E-state index in [0.29, 0.717) is 10.8 Å². The van der Waals surface area contributed by atoms with Crippen molar-refractivity contribution in [2.24, 2.45) is 0 Å². The Hall–Kier alpha value is -1.36. The Bertz CT molecular complexity index is 522. The highest BCUT2D eigenvalue weighted by atomic mass is 32.2. The van der Waals surface area contributed by atoms with Crippen LogP contribution in [0.5, 0.6) is 5.75 Å². The van der Waals surface area contributed by atoms with E-state index in [1.165, 1.54) is 12.1 Å². The molecule has 2 aromatic rings. The maximum absolute atomic E-state index is 12.3. The molecule has 0 spiro atoms. The van der Waals surface area contributed by atoms with Crippen molar-refractivity contribution in [3.8, 4) is 5.75 Å². The van der Waals surface area contributed by atoms with Gasteiger partial charge in [0.2, 0.25) is 0 Å². The van der Waals surface area contributed by atoms with Crippen molar-refractivity contribution in [1.29, 1.82) is 0 Å². The summed E-state index contributed by atoms with van der Waals surface area (Å²) in [4.78, 5) is 0.0981. The van der Waals surface area contributed by atoms with Gasteiger partial charge < -0.3 is 5.11 Å². The summed E-state index contributed by atoms with van der Waals surface area (Å²) in [5.41, 5.74) is -4.32. The first kappa shape index (κ1) is 11.1. The summed E-state index contributed by atoms with van der Waals surface area (Å²) in [6.45, 7) is 0. The van der Waals surface area contributed by atoms with E-state index in [1.54, 1.807) is 24.3 Å². The monoisotopic (exact) mass is 244 g/mol. The lowest BCUT2D eigenvalue weighted by atomic mass is 10.1. The van der Waals surface area contributed by atoms with Crippen LogP contribution in [0.15, 0.2) is 41.3 Å². The van der Waals surface area contributed by atoms with Crippen LogP contribution in [0.3, 0.4) is 0 Å². The molecule has 0 amide bonds. The lowest BCUT2D eigenvalue weighted by Gasteiger charge is -2.09. The van der Waals surface area contributed by atoms with Gasteiger partial charge in [-0.05, 0) is 29.3 Å². The van der Waals surface area contributed by atoms with Crippen LogP contribution in [0, 0.1) is 0 Å². The molecule has 0 aliphatic rings. The third-order valence-corrected chi connectivity index (χ3v) is 2.89. The number of benzene rings is 2. The summed E-state index contributed by atoms with van der Waals surface area (Å²) in [5, 5.41) is 10.3. The van der Waals surface area contributed by atoms with E-state index in [9.17, 15) is 18.3 Å². The van der Waals surface area contributed by atoms with Crippen LogP contribution in [0.4, 0.5) is 13.2 Å². The number of phenols is 1. The number of aromatic hydroxyl groups is 1. The summed E-state index contributed by atoms with van der Waals surface area (Å²) in [6.07, 6.45) is 0. The Labute approximate surface area is 93.9 Å². The Balaban J connectivity index is 2.59. The minimum atomic E-state index is -4.32. The smallest absolute Gasteiger partial charge is 0.446 e. The first-order valence-corrected chi connectivity index (χ1v) is 5.25. The van der Waals surface area contributed by atoms with Crippen LogP contribution in [0.25, 0.3) is 10.8 Å². The van der Waals surface area contributed by atoms with Crippen LogP contribution in [0.2, 0.25) is 0 Å². The predicted molar refractivity (Wildman–Crippen MR) is 57.5 cm³/mol. The normalized spacial score (nSPS) is 11.9. The van der Waals surface area contributed by atoms with Crippen molar-refractivity contribution in [3.63, 3.8) is 0 Å². The molecule has 1 N–H and O–H groups in total. The van der Waals surface area contributed by atoms with E-state index in [1.807, 2.05) is 0 Å². The average Bonchev–Trinajstić information content (AvgIpc) is 2.21. The molecule has 1 nitrogen and oxygen atoms in total. The van der Waals surface area contributed by atoms with Crippen molar-refractivity contribution < 1.29 is 18.3 Å². The molecule has 2 aromatic carbocycles. The minimum Gasteiger partial charge on any atom is -0.507 e. The molecule has 16 heavy (non-hydrogen) atoms. The topological polar surface area (TPSA) is 20.2 Å². The summed E-state index contributed by atoms with van der Waals surface area (Å²) in [7, 11) is 0. The lowest BCUT2D eigenvalue weighted by Crippen LogP contribution is -1.99. The van der Waals surface area contributed by atoms with Gasteiger partial charge in [-0.3, -0.25) is 0 Å². The Morgan fingerprint density at radius 3 is 2.19 bits per heavy atom. The third-order valence-electron chi connectivity index (χ3n) is 2.09. The van der Waals surface area contributed by atoms with E-state index in [2.05, 4.69) is 0 Å². The molecule has 0 atom stereocenters. The van der Waals surface area contributed by atoms with Crippen molar-refractivity contribution >= 4 is 22.5 Å². The number of hydrogen-bond acceptors (Lipinski definition) is 2. The van der Waals surface area contributed by atoms with Crippen LogP contribution in [-0.2, 0) is 0 Å². The molecule has 0 aromatic heterocycles. The number of hydrogen-bond donors (Lipinski definition) is 1. The predicted octanol–water partition coefficient (Wildman–Crippen LogP) is 4.16. The second-order valence-corrected chi connectivity index (χ2v) is 4.28. The van der Waals surface area contributed by atoms with Crippen molar-refractivity contribution in [2.75, 3.05) is 0 Å². The van der Waals surface area contributed by atoms with Gasteiger partial charge >= 0.3 is 5.51 Å². The first-order valence-electron chi connectivity index (χ1n) is 4.44. The number of phenolic OH excluding ortho intramolecular Hbond substituents is 1. The largest absolute Gasteiger partial charge is 0.507 e. The number of fused-ring (bicyclic) bond motifs is 1. The second kappa shape index (κ2) is 3.90. The van der Waals surface area contributed by atoms with Gasteiger partial charge in [0.1, 0.15) is 5.75 Å². The molecule has 0 fully saturated rings. The maximum atomic E-state index is 12.3. The highest BCUT2D eigenvalue weighted by Crippen LogP contribution is 2.41. The molecule has 84 valence electrons. The fourth-order valence-electron chi connectivity index (χ4n) is 1.47. The Kier molecular flexibility index (Phi) is 2.71. The molecule has 0 aliphatic heterocycles. The molecule has 0 bridgehead atoms. The average molecular weight is 244 g/mol. The van der Waals surface area contributed by atoms with Gasteiger partial charge in [-0.1, -0.05) is 24.3 Å². The standard InChI is InChI=1S/C11H7F3OS/c12-11(13,14)16-10-6-5-9(15)7-3-1-2-4-8(7)10/h1-6,15H. The zero-order valence-corrected chi connectivity index (χ0v) is 8.77.